The minimum Gasteiger partial charge on any atom is -0.652 e. The van der Waals surface area contributed by atoms with Crippen molar-refractivity contribution in [2.24, 2.45) is 0 Å². The second-order valence-electron chi connectivity index (χ2n) is 0.497. The zero-order chi connectivity index (χ0) is 9.15. The van der Waals surface area contributed by atoms with Crippen LogP contribution in [0.2, 0.25) is 0 Å². The molecule has 0 amide bonds. The summed E-state index contributed by atoms with van der Waals surface area (Å²) in [7, 11) is 1.00. The van der Waals surface area contributed by atoms with Crippen molar-refractivity contribution in [3.63, 3.8) is 0 Å². The third kappa shape index (κ3) is 338. The third-order valence-corrected chi connectivity index (χ3v) is 0. The summed E-state index contributed by atoms with van der Waals surface area (Å²) in [5, 5.41) is 23.7. The van der Waals surface area contributed by atoms with Crippen molar-refractivity contribution in [1.82, 2.24) is 0 Å². The quantitative estimate of drug-likeness (QED) is 0.345. The van der Waals surface area contributed by atoms with E-state index in [2.05, 4.69) is 0 Å². The van der Waals surface area contributed by atoms with E-state index in [1.807, 2.05) is 0 Å². The summed E-state index contributed by atoms with van der Waals surface area (Å²) < 4.78 is -0.750. The second kappa shape index (κ2) is 29.2. The summed E-state index contributed by atoms with van der Waals surface area (Å²) >= 11 is 14.4. The van der Waals surface area contributed by atoms with Crippen LogP contribution in [0, 0.1) is 0 Å². The monoisotopic (exact) mass is 256 g/mol. The molecule has 0 aliphatic rings. The molecule has 0 aromatic carbocycles. The number of hydrogen-bond acceptors (Lipinski definition) is 4. The van der Waals surface area contributed by atoms with Crippen molar-refractivity contribution in [2.45, 2.75) is 4.30 Å². The number of carbonyl (C=O) groups excluding carboxylic acids is 1. The summed E-state index contributed by atoms with van der Waals surface area (Å²) in [6.45, 7) is 0. The van der Waals surface area contributed by atoms with Crippen molar-refractivity contribution in [2.75, 3.05) is 7.11 Å². The summed E-state index contributed by atoms with van der Waals surface area (Å²) in [5.74, 6) is 0. The Kier molecular flexibility index (Phi) is 71.2. The van der Waals surface area contributed by atoms with Crippen molar-refractivity contribution in [1.29, 1.82) is 0 Å². The molecule has 0 aliphatic carbocycles. The molecule has 0 saturated carbocycles. The molecule has 0 bridgehead atoms. The molecule has 0 fully saturated rings. The average Bonchev–Trinajstić information content (AvgIpc) is 1.66. The second-order valence-corrected chi connectivity index (χ2v) is 2.48. The van der Waals surface area contributed by atoms with Gasteiger partial charge in [-0.3, -0.25) is 0 Å². The summed E-state index contributed by atoms with van der Waals surface area (Å²) in [4.78, 5) is 8.33. The maximum absolute atomic E-state index is 8.33. The van der Waals surface area contributed by atoms with Crippen LogP contribution in [0.1, 0.15) is 0 Å². The fourth-order valence-corrected chi connectivity index (χ4v) is 0. The van der Waals surface area contributed by atoms with Crippen LogP contribution in [0.5, 0.6) is 0 Å². The minimum atomic E-state index is -2.33. The molecule has 0 rings (SSSR count). The predicted octanol–water partition coefficient (Wildman–Crippen LogP) is -6.84. The molecule has 0 unspecified atom stereocenters. The number of halogens is 3. The molecule has 0 radical (unpaired) electrons. The number of rotatable bonds is 0. The first-order valence-electron chi connectivity index (χ1n) is 1.71. The Morgan fingerprint density at radius 1 is 1.17 bits per heavy atom. The van der Waals surface area contributed by atoms with Crippen molar-refractivity contribution in [3.05, 3.63) is 0 Å². The van der Waals surface area contributed by atoms with E-state index in [4.69, 9.17) is 54.9 Å². The zero-order valence-corrected chi connectivity index (χ0v) is 13.2. The molecule has 12 heavy (non-hydrogen) atoms. The molecule has 0 saturated heterocycles. The van der Waals surface area contributed by atoms with Crippen molar-refractivity contribution >= 4 is 41.0 Å². The van der Waals surface area contributed by atoms with Crippen LogP contribution in [0.15, 0.2) is 0 Å². The molecule has 0 spiro atoms. The van der Waals surface area contributed by atoms with E-state index in [0.717, 1.165) is 7.11 Å². The van der Waals surface area contributed by atoms with Gasteiger partial charge >= 0.3 is 59.1 Å². The molecule has 64 valence electrons. The van der Waals surface area contributed by atoms with E-state index >= 15 is 0 Å². The maximum Gasteiger partial charge on any atom is 1.00 e. The standard InChI is InChI=1S/CHCl3.CH2O3.CH4O.2Na/c2*2-1(3)4;1-2;;/h1H;(H2,2,3,4);2H,1H3;;/q;;;2*+1/p-2. The van der Waals surface area contributed by atoms with E-state index in [9.17, 15) is 0 Å². The van der Waals surface area contributed by atoms with Crippen LogP contribution >= 0.6 is 34.8 Å². The maximum atomic E-state index is 8.33. The number of carbonyl (C=O) groups is 1. The van der Waals surface area contributed by atoms with Gasteiger partial charge in [0.2, 0.25) is 0 Å². The van der Waals surface area contributed by atoms with Crippen LogP contribution in [0.4, 0.5) is 4.79 Å². The first-order chi connectivity index (χ1) is 4.46. The number of aliphatic hydroxyl groups is 1. The van der Waals surface area contributed by atoms with E-state index in [0.29, 0.717) is 0 Å². The minimum absolute atomic E-state index is 0. The average molecular weight is 257 g/mol. The van der Waals surface area contributed by atoms with Gasteiger partial charge in [0, 0.05) is 7.11 Å². The summed E-state index contributed by atoms with van der Waals surface area (Å²) in [6.07, 6.45) is -2.33. The zero-order valence-electron chi connectivity index (χ0n) is 6.88. The summed E-state index contributed by atoms with van der Waals surface area (Å²) in [5.41, 5.74) is 0. The smallest absolute Gasteiger partial charge is 0.652 e. The Morgan fingerprint density at radius 2 is 1.17 bits per heavy atom. The predicted molar refractivity (Wildman–Crippen MR) is 34.9 cm³/mol. The van der Waals surface area contributed by atoms with Crippen LogP contribution < -0.4 is 69.3 Å². The molecule has 0 aromatic rings. The van der Waals surface area contributed by atoms with Gasteiger partial charge in [0.05, 0.1) is 0 Å². The van der Waals surface area contributed by atoms with Crippen LogP contribution in [0.25, 0.3) is 0 Å². The van der Waals surface area contributed by atoms with Gasteiger partial charge in [-0.25, -0.2) is 0 Å². The Balaban J connectivity index is -0.0000000198. The molecule has 9 heteroatoms. The topological polar surface area (TPSA) is 83.4 Å². The Morgan fingerprint density at radius 3 is 1.17 bits per heavy atom. The van der Waals surface area contributed by atoms with Gasteiger partial charge in [-0.05, 0) is 6.16 Å². The molecular weight excluding hydrogens is 252 g/mol. The number of hydrogen-bond donors (Lipinski definition) is 1. The number of alkyl halides is 3. The van der Waals surface area contributed by atoms with E-state index < -0.39 is 10.5 Å². The SMILES string of the molecule is CO.ClC(Cl)Cl.O=C([O-])[O-].[Na+].[Na+]. The fourth-order valence-electron chi connectivity index (χ4n) is 0. The van der Waals surface area contributed by atoms with E-state index in [-0.39, 0.29) is 59.1 Å². The van der Waals surface area contributed by atoms with Crippen LogP contribution in [-0.2, 0) is 0 Å². The van der Waals surface area contributed by atoms with Crippen LogP contribution in [0.3, 0.4) is 0 Å². The normalized spacial score (nSPS) is 5.50. The Hall–Kier alpha value is 2.10. The van der Waals surface area contributed by atoms with Gasteiger partial charge in [-0.2, -0.15) is 0 Å². The molecule has 0 atom stereocenters. The van der Waals surface area contributed by atoms with Crippen molar-refractivity contribution < 1.29 is 79.2 Å². The first-order valence-corrected chi connectivity index (χ1v) is 3.02. The summed E-state index contributed by atoms with van der Waals surface area (Å²) in [6, 6.07) is 0. The molecule has 0 heterocycles. The largest absolute Gasteiger partial charge is 1.00 e. The van der Waals surface area contributed by atoms with Gasteiger partial charge in [-0.1, -0.05) is 34.8 Å². The Bertz CT molecular complexity index is 67.8. The van der Waals surface area contributed by atoms with Gasteiger partial charge in [0.25, 0.3) is 0 Å². The Labute approximate surface area is 130 Å². The van der Waals surface area contributed by atoms with Gasteiger partial charge in [0.1, 0.15) is 0 Å². The first kappa shape index (κ1) is 29.2. The molecule has 0 aliphatic heterocycles. The molecule has 1 N–H and O–H groups in total. The number of carboxylic acid groups (broad SMARTS) is 2. The van der Waals surface area contributed by atoms with Crippen LogP contribution in [-0.4, -0.2) is 22.7 Å². The van der Waals surface area contributed by atoms with E-state index in [1.54, 1.807) is 0 Å². The van der Waals surface area contributed by atoms with E-state index in [1.165, 1.54) is 0 Å². The van der Waals surface area contributed by atoms with Gasteiger partial charge < -0.3 is 20.1 Å². The molecule has 4 nitrogen and oxygen atoms in total. The van der Waals surface area contributed by atoms with Gasteiger partial charge in [-0.15, -0.1) is 0 Å². The third-order valence-electron chi connectivity index (χ3n) is 0. The van der Waals surface area contributed by atoms with Crippen molar-refractivity contribution in [3.8, 4) is 0 Å². The van der Waals surface area contributed by atoms with Gasteiger partial charge in [0.15, 0.2) is 4.30 Å². The number of aliphatic hydroxyl groups excluding tert-OH is 1. The molecule has 0 aromatic heterocycles. The fraction of sp³-hybridized carbons (Fsp3) is 0.667. The molecular formula is C3H5Cl3Na2O4.